The van der Waals surface area contributed by atoms with E-state index in [1.54, 1.807) is 0 Å². The van der Waals surface area contributed by atoms with Crippen LogP contribution >= 0.6 is 0 Å². The first-order chi connectivity index (χ1) is 16.7. The number of carbonyl (C=O) groups excluding carboxylic acids is 2. The summed E-state index contributed by atoms with van der Waals surface area (Å²) in [6, 6.07) is 14.2. The Morgan fingerprint density at radius 2 is 1.54 bits per heavy atom. The van der Waals surface area contributed by atoms with Gasteiger partial charge in [0.2, 0.25) is 5.91 Å². The average Bonchev–Trinajstić information content (AvgIpc) is 2.83. The molecule has 2 atom stereocenters. The number of likely N-dealkylation sites (tertiary alicyclic amines) is 1. The molecule has 0 bridgehead atoms. The van der Waals surface area contributed by atoms with Gasteiger partial charge in [-0.1, -0.05) is 70.4 Å². The predicted octanol–water partition coefficient (Wildman–Crippen LogP) is 7.04. The van der Waals surface area contributed by atoms with Crippen LogP contribution in [0.1, 0.15) is 92.8 Å². The van der Waals surface area contributed by atoms with Crippen LogP contribution in [0.15, 0.2) is 42.5 Å². The molecule has 4 rings (SSSR count). The van der Waals surface area contributed by atoms with Crippen molar-refractivity contribution < 1.29 is 9.59 Å². The van der Waals surface area contributed by atoms with Crippen molar-refractivity contribution >= 4 is 17.5 Å². The van der Waals surface area contributed by atoms with Crippen LogP contribution < -0.4 is 5.32 Å². The number of hydrogen-bond donors (Lipinski definition) is 1. The lowest BCUT2D eigenvalue weighted by Crippen LogP contribution is -2.55. The van der Waals surface area contributed by atoms with Crippen LogP contribution in [-0.4, -0.2) is 29.3 Å². The highest BCUT2D eigenvalue weighted by Crippen LogP contribution is 2.38. The maximum atomic E-state index is 14.0. The summed E-state index contributed by atoms with van der Waals surface area (Å²) >= 11 is 0. The third kappa shape index (κ3) is 5.63. The summed E-state index contributed by atoms with van der Waals surface area (Å²) in [5, 5.41) is 3.24. The second-order valence-electron chi connectivity index (χ2n) is 11.7. The number of anilines is 1. The SMILES string of the molecule is Cc1cccc(C)c1C(=O)N1CCC[C@H](C(=O)Nc2cccc(C(C)(C)C)c2)[C@@H]1C1CCCCC1. The molecule has 4 heteroatoms. The quantitative estimate of drug-likeness (QED) is 0.516. The monoisotopic (exact) mass is 474 g/mol. The van der Waals surface area contributed by atoms with Crippen molar-refractivity contribution in [2.45, 2.75) is 91.0 Å². The number of carbonyl (C=O) groups is 2. The van der Waals surface area contributed by atoms with Crippen molar-refractivity contribution in [1.29, 1.82) is 0 Å². The summed E-state index contributed by atoms with van der Waals surface area (Å²) in [5.41, 5.74) is 4.92. The lowest BCUT2D eigenvalue weighted by atomic mass is 9.74. The van der Waals surface area contributed by atoms with Crippen molar-refractivity contribution in [3.63, 3.8) is 0 Å². The molecule has 1 saturated heterocycles. The molecular formula is C31H42N2O2. The van der Waals surface area contributed by atoms with Gasteiger partial charge in [-0.15, -0.1) is 0 Å². The van der Waals surface area contributed by atoms with Crippen LogP contribution in [0.2, 0.25) is 0 Å². The second kappa shape index (κ2) is 10.6. The van der Waals surface area contributed by atoms with Crippen LogP contribution in [-0.2, 0) is 10.2 Å². The van der Waals surface area contributed by atoms with Gasteiger partial charge in [-0.05, 0) is 79.7 Å². The average molecular weight is 475 g/mol. The molecule has 1 N–H and O–H groups in total. The van der Waals surface area contributed by atoms with Crippen molar-refractivity contribution in [1.82, 2.24) is 4.90 Å². The molecule has 1 aliphatic carbocycles. The molecule has 2 aliphatic rings. The van der Waals surface area contributed by atoms with Gasteiger partial charge in [0, 0.05) is 23.8 Å². The summed E-state index contributed by atoms with van der Waals surface area (Å²) in [7, 11) is 0. The molecule has 2 aromatic rings. The number of nitrogens with zero attached hydrogens (tertiary/aromatic N) is 1. The Balaban J connectivity index is 1.64. The lowest BCUT2D eigenvalue weighted by Gasteiger charge is -2.46. The molecule has 0 aromatic heterocycles. The molecule has 35 heavy (non-hydrogen) atoms. The van der Waals surface area contributed by atoms with E-state index in [1.807, 2.05) is 44.2 Å². The minimum Gasteiger partial charge on any atom is -0.335 e. The Bertz CT molecular complexity index is 1040. The van der Waals surface area contributed by atoms with E-state index in [-0.39, 0.29) is 29.2 Å². The van der Waals surface area contributed by atoms with Gasteiger partial charge in [0.15, 0.2) is 0 Å². The van der Waals surface area contributed by atoms with Gasteiger partial charge in [-0.3, -0.25) is 9.59 Å². The third-order valence-electron chi connectivity index (χ3n) is 8.11. The topological polar surface area (TPSA) is 49.4 Å². The molecule has 188 valence electrons. The molecule has 0 unspecified atom stereocenters. The van der Waals surface area contributed by atoms with E-state index in [0.717, 1.165) is 54.6 Å². The van der Waals surface area contributed by atoms with Gasteiger partial charge in [0.1, 0.15) is 0 Å². The normalized spacial score (nSPS) is 21.6. The molecular weight excluding hydrogens is 432 g/mol. The number of hydrogen-bond acceptors (Lipinski definition) is 2. The minimum atomic E-state index is -0.182. The highest BCUT2D eigenvalue weighted by molar-refractivity contribution is 5.99. The second-order valence-corrected chi connectivity index (χ2v) is 11.7. The van der Waals surface area contributed by atoms with Gasteiger partial charge >= 0.3 is 0 Å². The van der Waals surface area contributed by atoms with Gasteiger partial charge in [-0.2, -0.15) is 0 Å². The van der Waals surface area contributed by atoms with Crippen molar-refractivity contribution in [2.75, 3.05) is 11.9 Å². The number of benzene rings is 2. The van der Waals surface area contributed by atoms with Crippen molar-refractivity contribution in [3.05, 3.63) is 64.7 Å². The molecule has 2 amide bonds. The predicted molar refractivity (Wildman–Crippen MR) is 144 cm³/mol. The number of piperidine rings is 1. The summed E-state index contributed by atoms with van der Waals surface area (Å²) in [5.74, 6) is 0.362. The number of rotatable bonds is 4. The zero-order valence-electron chi connectivity index (χ0n) is 22.2. The molecule has 1 aliphatic heterocycles. The molecule has 1 heterocycles. The Morgan fingerprint density at radius 3 is 2.20 bits per heavy atom. The lowest BCUT2D eigenvalue weighted by molar-refractivity contribution is -0.124. The Labute approximate surface area is 211 Å². The molecule has 1 saturated carbocycles. The molecule has 2 fully saturated rings. The summed E-state index contributed by atoms with van der Waals surface area (Å²) in [6.45, 7) is 11.3. The third-order valence-corrected chi connectivity index (χ3v) is 8.11. The van der Waals surface area contributed by atoms with E-state index in [0.29, 0.717) is 5.92 Å². The molecule has 0 spiro atoms. The Morgan fingerprint density at radius 1 is 0.886 bits per heavy atom. The first-order valence-electron chi connectivity index (χ1n) is 13.5. The maximum absolute atomic E-state index is 14.0. The van der Waals surface area contributed by atoms with Gasteiger partial charge in [0.25, 0.3) is 5.91 Å². The highest BCUT2D eigenvalue weighted by Gasteiger charge is 2.43. The van der Waals surface area contributed by atoms with Gasteiger partial charge < -0.3 is 10.2 Å². The van der Waals surface area contributed by atoms with Crippen LogP contribution in [0.25, 0.3) is 0 Å². The van der Waals surface area contributed by atoms with Crippen LogP contribution in [0.4, 0.5) is 5.69 Å². The number of aryl methyl sites for hydroxylation is 2. The smallest absolute Gasteiger partial charge is 0.254 e. The van der Waals surface area contributed by atoms with E-state index >= 15 is 0 Å². The Hall–Kier alpha value is -2.62. The first-order valence-corrected chi connectivity index (χ1v) is 13.5. The number of nitrogens with one attached hydrogen (secondary N) is 1. The van der Waals surface area contributed by atoms with Gasteiger partial charge in [-0.25, -0.2) is 0 Å². The largest absolute Gasteiger partial charge is 0.335 e. The first kappa shape index (κ1) is 25.5. The van der Waals surface area contributed by atoms with E-state index < -0.39 is 0 Å². The fourth-order valence-electron chi connectivity index (χ4n) is 6.19. The fraction of sp³-hybridized carbons (Fsp3) is 0.548. The molecule has 2 aromatic carbocycles. The van der Waals surface area contributed by atoms with E-state index in [9.17, 15) is 9.59 Å². The zero-order chi connectivity index (χ0) is 25.2. The molecule has 0 radical (unpaired) electrons. The summed E-state index contributed by atoms with van der Waals surface area (Å²) in [6.07, 6.45) is 7.53. The van der Waals surface area contributed by atoms with E-state index in [4.69, 9.17) is 0 Å². The highest BCUT2D eigenvalue weighted by atomic mass is 16.2. The van der Waals surface area contributed by atoms with Gasteiger partial charge in [0.05, 0.1) is 5.92 Å². The Kier molecular flexibility index (Phi) is 7.68. The maximum Gasteiger partial charge on any atom is 0.254 e. The van der Waals surface area contributed by atoms with E-state index in [1.165, 1.54) is 24.8 Å². The zero-order valence-corrected chi connectivity index (χ0v) is 22.2. The van der Waals surface area contributed by atoms with E-state index in [2.05, 4.69) is 43.1 Å². The standard InChI is InChI=1S/C31H42N2O2/c1-21-12-9-13-22(2)27(21)30(35)33-19-11-18-26(28(33)23-14-7-6-8-15-23)29(34)32-25-17-10-16-24(20-25)31(3,4)5/h9-10,12-13,16-17,20,23,26,28H,6-8,11,14-15,18-19H2,1-5H3,(H,32,34)/t26-,28-/m0/s1. The molecule has 4 nitrogen and oxygen atoms in total. The van der Waals surface area contributed by atoms with Crippen LogP contribution in [0.5, 0.6) is 0 Å². The summed E-state index contributed by atoms with van der Waals surface area (Å²) < 4.78 is 0. The number of amides is 2. The minimum absolute atomic E-state index is 0.0187. The van der Waals surface area contributed by atoms with Crippen molar-refractivity contribution in [2.24, 2.45) is 11.8 Å². The van der Waals surface area contributed by atoms with Crippen LogP contribution in [0.3, 0.4) is 0 Å². The van der Waals surface area contributed by atoms with Crippen molar-refractivity contribution in [3.8, 4) is 0 Å². The fourth-order valence-corrected chi connectivity index (χ4v) is 6.19. The summed E-state index contributed by atoms with van der Waals surface area (Å²) in [4.78, 5) is 29.8. The van der Waals surface area contributed by atoms with Crippen LogP contribution in [0, 0.1) is 25.7 Å².